The third kappa shape index (κ3) is 3.72. The van der Waals surface area contributed by atoms with E-state index in [-0.39, 0.29) is 0 Å². The third-order valence-electron chi connectivity index (χ3n) is 2.88. The summed E-state index contributed by atoms with van der Waals surface area (Å²) in [6, 6.07) is 14.9. The summed E-state index contributed by atoms with van der Waals surface area (Å²) in [5.74, 6) is -0.247. The van der Waals surface area contributed by atoms with Crippen molar-refractivity contribution in [1.82, 2.24) is 0 Å². The second-order valence-electron chi connectivity index (χ2n) is 4.41. The van der Waals surface area contributed by atoms with Crippen LogP contribution in [0.3, 0.4) is 0 Å². The Bertz CT molecular complexity index is 615. The molecule has 0 spiro atoms. The summed E-state index contributed by atoms with van der Waals surface area (Å²) < 4.78 is 5.56. The minimum atomic E-state index is -0.918. The summed E-state index contributed by atoms with van der Waals surface area (Å²) in [6.07, 6.45) is 3.91. The Balaban J connectivity index is 1.93. The highest BCUT2D eigenvalue weighted by atomic mass is 16.5. The molecule has 2 aromatic carbocycles. The Morgan fingerprint density at radius 2 is 1.95 bits per heavy atom. The molecule has 1 N–H and O–H groups in total. The Hall–Kier alpha value is -2.55. The van der Waals surface area contributed by atoms with Gasteiger partial charge in [-0.15, -0.1) is 0 Å². The maximum Gasteiger partial charge on any atom is 0.335 e. The molecule has 2 aromatic rings. The number of rotatable bonds is 5. The van der Waals surface area contributed by atoms with Crippen LogP contribution in [0.4, 0.5) is 0 Å². The van der Waals surface area contributed by atoms with Gasteiger partial charge in [0.05, 0.1) is 5.56 Å². The molecule has 0 radical (unpaired) electrons. The van der Waals surface area contributed by atoms with Gasteiger partial charge in [0.15, 0.2) is 0 Å². The van der Waals surface area contributed by atoms with Gasteiger partial charge >= 0.3 is 5.97 Å². The SMILES string of the molecule is Cc1cc(OC/C=C/c2ccccc2)ccc1C(=O)O. The molecule has 0 saturated heterocycles. The Kier molecular flexibility index (Phi) is 4.56. The van der Waals surface area contributed by atoms with Gasteiger partial charge < -0.3 is 9.84 Å². The molecule has 0 bridgehead atoms. The van der Waals surface area contributed by atoms with E-state index in [9.17, 15) is 4.79 Å². The van der Waals surface area contributed by atoms with Crippen molar-refractivity contribution in [3.05, 3.63) is 71.3 Å². The molecule has 0 saturated carbocycles. The van der Waals surface area contributed by atoms with Gasteiger partial charge in [-0.3, -0.25) is 0 Å². The summed E-state index contributed by atoms with van der Waals surface area (Å²) in [5, 5.41) is 8.94. The van der Waals surface area contributed by atoms with Crippen molar-refractivity contribution < 1.29 is 14.6 Å². The molecule has 0 aromatic heterocycles. The lowest BCUT2D eigenvalue weighted by atomic mass is 10.1. The van der Waals surface area contributed by atoms with Gasteiger partial charge in [-0.05, 0) is 42.3 Å². The van der Waals surface area contributed by atoms with Gasteiger partial charge in [-0.2, -0.15) is 0 Å². The van der Waals surface area contributed by atoms with Crippen LogP contribution in [0.5, 0.6) is 5.75 Å². The molecule has 0 unspecified atom stereocenters. The fourth-order valence-corrected chi connectivity index (χ4v) is 1.86. The molecular formula is C17H16O3. The summed E-state index contributed by atoms with van der Waals surface area (Å²) in [7, 11) is 0. The predicted molar refractivity (Wildman–Crippen MR) is 79.1 cm³/mol. The molecule has 0 aliphatic rings. The zero-order valence-corrected chi connectivity index (χ0v) is 11.2. The molecule has 0 fully saturated rings. The van der Waals surface area contributed by atoms with E-state index >= 15 is 0 Å². The second-order valence-corrected chi connectivity index (χ2v) is 4.41. The van der Waals surface area contributed by atoms with Crippen LogP contribution in [0.25, 0.3) is 6.08 Å². The predicted octanol–water partition coefficient (Wildman–Crippen LogP) is 3.79. The number of aryl methyl sites for hydroxylation is 1. The number of ether oxygens (including phenoxy) is 1. The largest absolute Gasteiger partial charge is 0.490 e. The first-order valence-electron chi connectivity index (χ1n) is 6.35. The number of hydrogen-bond acceptors (Lipinski definition) is 2. The molecule has 0 aliphatic carbocycles. The van der Waals surface area contributed by atoms with E-state index in [1.807, 2.05) is 42.5 Å². The Morgan fingerprint density at radius 1 is 1.20 bits per heavy atom. The van der Waals surface area contributed by atoms with E-state index in [1.54, 1.807) is 25.1 Å². The van der Waals surface area contributed by atoms with Gasteiger partial charge in [-0.25, -0.2) is 4.79 Å². The zero-order chi connectivity index (χ0) is 14.4. The van der Waals surface area contributed by atoms with Gasteiger partial charge in [0.1, 0.15) is 12.4 Å². The van der Waals surface area contributed by atoms with Crippen molar-refractivity contribution in [3.63, 3.8) is 0 Å². The number of carboxylic acids is 1. The third-order valence-corrected chi connectivity index (χ3v) is 2.88. The molecule has 2 rings (SSSR count). The molecule has 0 heterocycles. The molecular weight excluding hydrogens is 252 g/mol. The first-order valence-corrected chi connectivity index (χ1v) is 6.35. The van der Waals surface area contributed by atoms with Crippen LogP contribution in [0.2, 0.25) is 0 Å². The lowest BCUT2D eigenvalue weighted by Gasteiger charge is -2.06. The van der Waals surface area contributed by atoms with Crippen molar-refractivity contribution in [2.24, 2.45) is 0 Å². The minimum Gasteiger partial charge on any atom is -0.490 e. The molecule has 0 aliphatic heterocycles. The molecule has 20 heavy (non-hydrogen) atoms. The number of carbonyl (C=O) groups is 1. The highest BCUT2D eigenvalue weighted by Crippen LogP contribution is 2.17. The topological polar surface area (TPSA) is 46.5 Å². The molecule has 3 nitrogen and oxygen atoms in total. The van der Waals surface area contributed by atoms with E-state index in [4.69, 9.17) is 9.84 Å². The van der Waals surface area contributed by atoms with Gasteiger partial charge in [0, 0.05) is 0 Å². The van der Waals surface area contributed by atoms with Gasteiger partial charge in [0.2, 0.25) is 0 Å². The zero-order valence-electron chi connectivity index (χ0n) is 11.2. The Morgan fingerprint density at radius 3 is 2.60 bits per heavy atom. The average Bonchev–Trinajstić information content (AvgIpc) is 2.44. The monoisotopic (exact) mass is 268 g/mol. The Labute approximate surface area is 118 Å². The molecule has 0 atom stereocenters. The second kappa shape index (κ2) is 6.57. The van der Waals surface area contributed by atoms with Crippen molar-refractivity contribution in [3.8, 4) is 5.75 Å². The van der Waals surface area contributed by atoms with Crippen LogP contribution in [0.15, 0.2) is 54.6 Å². The van der Waals surface area contributed by atoms with E-state index in [0.29, 0.717) is 23.5 Å². The standard InChI is InChI=1S/C17H16O3/c1-13-12-15(9-10-16(13)17(18)19)20-11-5-8-14-6-3-2-4-7-14/h2-10,12H,11H2,1H3,(H,18,19)/b8-5+. The van der Waals surface area contributed by atoms with Crippen molar-refractivity contribution in [1.29, 1.82) is 0 Å². The molecule has 102 valence electrons. The highest BCUT2D eigenvalue weighted by Gasteiger charge is 2.07. The van der Waals surface area contributed by atoms with E-state index in [1.165, 1.54) is 0 Å². The van der Waals surface area contributed by atoms with E-state index < -0.39 is 5.97 Å². The van der Waals surface area contributed by atoms with Crippen LogP contribution in [0, 0.1) is 6.92 Å². The number of carboxylic acid groups (broad SMARTS) is 1. The van der Waals surface area contributed by atoms with Crippen LogP contribution in [0.1, 0.15) is 21.5 Å². The minimum absolute atomic E-state index is 0.303. The fourth-order valence-electron chi connectivity index (χ4n) is 1.86. The van der Waals surface area contributed by atoms with Gasteiger partial charge in [0.25, 0.3) is 0 Å². The molecule has 3 heteroatoms. The van der Waals surface area contributed by atoms with Gasteiger partial charge in [-0.1, -0.05) is 36.4 Å². The lowest BCUT2D eigenvalue weighted by Crippen LogP contribution is -2.00. The molecule has 0 amide bonds. The summed E-state index contributed by atoms with van der Waals surface area (Å²) in [4.78, 5) is 10.9. The van der Waals surface area contributed by atoms with Crippen LogP contribution in [-0.4, -0.2) is 17.7 Å². The first kappa shape index (κ1) is 13.9. The highest BCUT2D eigenvalue weighted by molar-refractivity contribution is 5.89. The van der Waals surface area contributed by atoms with E-state index in [2.05, 4.69) is 0 Å². The van der Waals surface area contributed by atoms with Crippen LogP contribution in [-0.2, 0) is 0 Å². The smallest absolute Gasteiger partial charge is 0.335 e. The number of aromatic carboxylic acids is 1. The van der Waals surface area contributed by atoms with Crippen molar-refractivity contribution in [2.45, 2.75) is 6.92 Å². The van der Waals surface area contributed by atoms with Crippen LogP contribution >= 0.6 is 0 Å². The maximum atomic E-state index is 10.9. The van der Waals surface area contributed by atoms with Crippen molar-refractivity contribution in [2.75, 3.05) is 6.61 Å². The fraction of sp³-hybridized carbons (Fsp3) is 0.118. The quantitative estimate of drug-likeness (QED) is 0.897. The summed E-state index contributed by atoms with van der Waals surface area (Å²) in [6.45, 7) is 2.21. The summed E-state index contributed by atoms with van der Waals surface area (Å²) in [5.41, 5.74) is 2.12. The first-order chi connectivity index (χ1) is 9.66. The van der Waals surface area contributed by atoms with Crippen molar-refractivity contribution >= 4 is 12.0 Å². The summed E-state index contributed by atoms with van der Waals surface area (Å²) >= 11 is 0. The van der Waals surface area contributed by atoms with Crippen LogP contribution < -0.4 is 4.74 Å². The maximum absolute atomic E-state index is 10.9. The average molecular weight is 268 g/mol. The number of hydrogen-bond donors (Lipinski definition) is 1. The lowest BCUT2D eigenvalue weighted by molar-refractivity contribution is 0.0696. The van der Waals surface area contributed by atoms with E-state index in [0.717, 1.165) is 5.56 Å². The number of benzene rings is 2. The normalized spacial score (nSPS) is 10.7.